The monoisotopic (exact) mass is 244 g/mol. The highest BCUT2D eigenvalue weighted by molar-refractivity contribution is 7.98. The van der Waals surface area contributed by atoms with Crippen LogP contribution in [0.15, 0.2) is 0 Å². The van der Waals surface area contributed by atoms with Gasteiger partial charge in [0.2, 0.25) is 0 Å². The van der Waals surface area contributed by atoms with Crippen molar-refractivity contribution in [2.45, 2.75) is 45.1 Å². The Bertz CT molecular complexity index is 183. The Labute approximate surface area is 106 Å². The van der Waals surface area contributed by atoms with E-state index < -0.39 is 0 Å². The molecule has 0 unspecified atom stereocenters. The van der Waals surface area contributed by atoms with Crippen molar-refractivity contribution >= 4 is 11.8 Å². The van der Waals surface area contributed by atoms with Crippen LogP contribution >= 0.6 is 11.8 Å². The van der Waals surface area contributed by atoms with Gasteiger partial charge in [-0.2, -0.15) is 11.8 Å². The number of thioether (sulfide) groups is 1. The summed E-state index contributed by atoms with van der Waals surface area (Å²) in [6, 6.07) is 0. The van der Waals surface area contributed by atoms with Gasteiger partial charge in [-0.05, 0) is 64.8 Å². The molecular formula is C13H28N2S. The molecule has 1 aliphatic heterocycles. The van der Waals surface area contributed by atoms with Crippen LogP contribution in [0.1, 0.15) is 39.5 Å². The molecule has 1 rings (SSSR count). The van der Waals surface area contributed by atoms with E-state index in [1.807, 2.05) is 11.8 Å². The lowest BCUT2D eigenvalue weighted by molar-refractivity contribution is 0.227. The highest BCUT2D eigenvalue weighted by atomic mass is 32.2. The number of hydrogen-bond acceptors (Lipinski definition) is 3. The van der Waals surface area contributed by atoms with Crippen LogP contribution in [0.3, 0.4) is 0 Å². The molecule has 2 nitrogen and oxygen atoms in total. The van der Waals surface area contributed by atoms with E-state index in [0.717, 1.165) is 0 Å². The van der Waals surface area contributed by atoms with Gasteiger partial charge >= 0.3 is 0 Å². The minimum atomic E-state index is 0.301. The maximum Gasteiger partial charge on any atom is 0.0252 e. The summed E-state index contributed by atoms with van der Waals surface area (Å²) in [5.74, 6) is 1.33. The molecule has 0 bridgehead atoms. The topological polar surface area (TPSA) is 15.3 Å². The smallest absolute Gasteiger partial charge is 0.0252 e. The fraction of sp³-hybridized carbons (Fsp3) is 1.00. The van der Waals surface area contributed by atoms with Gasteiger partial charge in [-0.1, -0.05) is 6.42 Å². The van der Waals surface area contributed by atoms with Crippen LogP contribution in [0.5, 0.6) is 0 Å². The molecule has 3 heteroatoms. The molecule has 1 aliphatic rings. The molecule has 96 valence electrons. The summed E-state index contributed by atoms with van der Waals surface area (Å²) in [5, 5.41) is 3.62. The largest absolute Gasteiger partial charge is 0.310 e. The Kier molecular flexibility index (Phi) is 6.78. The van der Waals surface area contributed by atoms with Crippen molar-refractivity contribution in [1.29, 1.82) is 0 Å². The molecule has 0 aliphatic carbocycles. The van der Waals surface area contributed by atoms with Gasteiger partial charge in [-0.3, -0.25) is 0 Å². The fourth-order valence-electron chi connectivity index (χ4n) is 2.37. The molecular weight excluding hydrogens is 216 g/mol. The van der Waals surface area contributed by atoms with Gasteiger partial charge in [0, 0.05) is 12.1 Å². The second kappa shape index (κ2) is 7.57. The molecule has 0 aromatic carbocycles. The molecule has 0 saturated carbocycles. The van der Waals surface area contributed by atoms with Crippen LogP contribution < -0.4 is 5.32 Å². The average Bonchev–Trinajstić information content (AvgIpc) is 2.39. The zero-order valence-electron chi connectivity index (χ0n) is 11.2. The number of unbranched alkanes of at least 4 members (excludes halogenated alkanes) is 2. The standard InChI is InChI=1S/C13H28N2S/c1-13(2)12-15(10-7-8-14-13)9-5-4-6-11-16-3/h14H,4-12H2,1-3H3. The second-order valence-corrected chi connectivity index (χ2v) is 6.48. The summed E-state index contributed by atoms with van der Waals surface area (Å²) < 4.78 is 0. The highest BCUT2D eigenvalue weighted by Gasteiger charge is 2.23. The van der Waals surface area contributed by atoms with Gasteiger partial charge in [-0.25, -0.2) is 0 Å². The van der Waals surface area contributed by atoms with E-state index in [1.54, 1.807) is 0 Å². The summed E-state index contributed by atoms with van der Waals surface area (Å²) in [4.78, 5) is 2.64. The van der Waals surface area contributed by atoms with Crippen LogP contribution in [0.25, 0.3) is 0 Å². The zero-order chi connectivity index (χ0) is 11.9. The first-order valence-corrected chi connectivity index (χ1v) is 8.00. The summed E-state index contributed by atoms with van der Waals surface area (Å²) in [6.07, 6.45) is 7.65. The van der Waals surface area contributed by atoms with Gasteiger partial charge < -0.3 is 10.2 Å². The molecule has 0 aromatic heterocycles. The zero-order valence-corrected chi connectivity index (χ0v) is 12.0. The molecule has 0 radical (unpaired) electrons. The Balaban J connectivity index is 2.14. The van der Waals surface area contributed by atoms with Crippen molar-refractivity contribution in [3.8, 4) is 0 Å². The lowest BCUT2D eigenvalue weighted by atomic mass is 10.1. The molecule has 0 amide bonds. The summed E-state index contributed by atoms with van der Waals surface area (Å²) in [7, 11) is 0. The van der Waals surface area contributed by atoms with E-state index in [1.165, 1.54) is 57.6 Å². The lowest BCUT2D eigenvalue weighted by Gasteiger charge is -2.30. The third kappa shape index (κ3) is 6.12. The Hall–Kier alpha value is 0.270. The number of hydrogen-bond donors (Lipinski definition) is 1. The fourth-order valence-corrected chi connectivity index (χ4v) is 2.87. The van der Waals surface area contributed by atoms with Crippen LogP contribution in [-0.2, 0) is 0 Å². The molecule has 1 heterocycles. The van der Waals surface area contributed by atoms with E-state index in [-0.39, 0.29) is 0 Å². The maximum atomic E-state index is 3.62. The number of rotatable bonds is 6. The van der Waals surface area contributed by atoms with E-state index in [9.17, 15) is 0 Å². The van der Waals surface area contributed by atoms with Crippen molar-refractivity contribution in [3.63, 3.8) is 0 Å². The van der Waals surface area contributed by atoms with Gasteiger partial charge in [-0.15, -0.1) is 0 Å². The Morgan fingerprint density at radius 1 is 1.25 bits per heavy atom. The van der Waals surface area contributed by atoms with Crippen LogP contribution in [0.2, 0.25) is 0 Å². The van der Waals surface area contributed by atoms with Crippen molar-refractivity contribution in [2.24, 2.45) is 0 Å². The van der Waals surface area contributed by atoms with E-state index in [2.05, 4.69) is 30.3 Å². The predicted molar refractivity (Wildman–Crippen MR) is 75.4 cm³/mol. The SMILES string of the molecule is CSCCCCCN1CCCNC(C)(C)C1. The third-order valence-electron chi connectivity index (χ3n) is 3.20. The average molecular weight is 244 g/mol. The van der Waals surface area contributed by atoms with Crippen molar-refractivity contribution in [1.82, 2.24) is 10.2 Å². The number of nitrogens with one attached hydrogen (secondary N) is 1. The van der Waals surface area contributed by atoms with E-state index in [0.29, 0.717) is 5.54 Å². The molecule has 0 atom stereocenters. The normalized spacial score (nSPS) is 21.9. The first-order chi connectivity index (χ1) is 7.64. The Morgan fingerprint density at radius 2 is 2.06 bits per heavy atom. The number of nitrogens with zero attached hydrogens (tertiary/aromatic N) is 1. The van der Waals surface area contributed by atoms with Crippen molar-refractivity contribution in [3.05, 3.63) is 0 Å². The highest BCUT2D eigenvalue weighted by Crippen LogP contribution is 2.12. The first-order valence-electron chi connectivity index (χ1n) is 6.60. The van der Waals surface area contributed by atoms with Crippen LogP contribution in [0.4, 0.5) is 0 Å². The van der Waals surface area contributed by atoms with Crippen molar-refractivity contribution in [2.75, 3.05) is 38.2 Å². The third-order valence-corrected chi connectivity index (χ3v) is 3.89. The molecule has 0 spiro atoms. The molecule has 16 heavy (non-hydrogen) atoms. The molecule has 1 fully saturated rings. The maximum absolute atomic E-state index is 3.62. The first kappa shape index (κ1) is 14.3. The summed E-state index contributed by atoms with van der Waals surface area (Å²) >= 11 is 1.97. The van der Waals surface area contributed by atoms with Gasteiger partial charge in [0.15, 0.2) is 0 Å². The van der Waals surface area contributed by atoms with Crippen LogP contribution in [0, 0.1) is 0 Å². The second-order valence-electron chi connectivity index (χ2n) is 5.49. The van der Waals surface area contributed by atoms with Gasteiger partial charge in [0.05, 0.1) is 0 Å². The minimum absolute atomic E-state index is 0.301. The van der Waals surface area contributed by atoms with E-state index in [4.69, 9.17) is 0 Å². The lowest BCUT2D eigenvalue weighted by Crippen LogP contribution is -2.46. The predicted octanol–water partition coefficient (Wildman–Crippen LogP) is 2.59. The van der Waals surface area contributed by atoms with Gasteiger partial charge in [0.25, 0.3) is 0 Å². The van der Waals surface area contributed by atoms with Crippen LogP contribution in [-0.4, -0.2) is 48.6 Å². The molecule has 1 saturated heterocycles. The van der Waals surface area contributed by atoms with Gasteiger partial charge in [0.1, 0.15) is 0 Å². The summed E-state index contributed by atoms with van der Waals surface area (Å²) in [6.45, 7) is 9.59. The quantitative estimate of drug-likeness (QED) is 0.723. The molecule has 1 N–H and O–H groups in total. The van der Waals surface area contributed by atoms with E-state index >= 15 is 0 Å². The Morgan fingerprint density at radius 3 is 2.81 bits per heavy atom. The molecule has 0 aromatic rings. The van der Waals surface area contributed by atoms with Crippen molar-refractivity contribution < 1.29 is 0 Å². The summed E-state index contributed by atoms with van der Waals surface area (Å²) in [5.41, 5.74) is 0.301. The minimum Gasteiger partial charge on any atom is -0.310 e.